The van der Waals surface area contributed by atoms with Crippen molar-refractivity contribution in [3.8, 4) is 5.75 Å². The summed E-state index contributed by atoms with van der Waals surface area (Å²) in [6.07, 6.45) is 2.25. The minimum Gasteiger partial charge on any atom is -0.493 e. The predicted octanol–water partition coefficient (Wildman–Crippen LogP) is 3.30. The van der Waals surface area contributed by atoms with Crippen molar-refractivity contribution in [3.63, 3.8) is 0 Å². The predicted molar refractivity (Wildman–Crippen MR) is 115 cm³/mol. The van der Waals surface area contributed by atoms with Crippen LogP contribution in [0.25, 0.3) is 10.8 Å². The molecule has 0 saturated carbocycles. The van der Waals surface area contributed by atoms with E-state index in [0.717, 1.165) is 11.3 Å². The average Bonchev–Trinajstić information content (AvgIpc) is 3.25. The van der Waals surface area contributed by atoms with Gasteiger partial charge in [-0.1, -0.05) is 54.6 Å². The van der Waals surface area contributed by atoms with Crippen molar-refractivity contribution in [1.82, 2.24) is 16.3 Å². The summed E-state index contributed by atoms with van der Waals surface area (Å²) < 4.78 is 5.57. The summed E-state index contributed by atoms with van der Waals surface area (Å²) in [4.78, 5) is 12.5. The summed E-state index contributed by atoms with van der Waals surface area (Å²) in [6, 6.07) is 21.8. The van der Waals surface area contributed by atoms with Crippen molar-refractivity contribution < 1.29 is 9.53 Å². The first-order chi connectivity index (χ1) is 14.3. The van der Waals surface area contributed by atoms with E-state index in [2.05, 4.69) is 45.6 Å². The highest BCUT2D eigenvalue weighted by Crippen LogP contribution is 2.29. The molecule has 4 rings (SSSR count). The van der Waals surface area contributed by atoms with Crippen LogP contribution in [0.2, 0.25) is 0 Å². The SMILES string of the molecule is CCOc1ccccc1/C=N/NC(=O)C1CC(c2cccc3ccccc23)NN1. The van der Waals surface area contributed by atoms with Crippen LogP contribution in [0.3, 0.4) is 0 Å². The van der Waals surface area contributed by atoms with Crippen molar-refractivity contribution in [2.45, 2.75) is 25.4 Å². The Bertz CT molecular complexity index is 1030. The first-order valence-electron chi connectivity index (χ1n) is 9.79. The van der Waals surface area contributed by atoms with Gasteiger partial charge < -0.3 is 4.74 Å². The molecule has 1 amide bonds. The van der Waals surface area contributed by atoms with Gasteiger partial charge in [0.2, 0.25) is 0 Å². The lowest BCUT2D eigenvalue weighted by Gasteiger charge is -2.13. The number of fused-ring (bicyclic) bond motifs is 1. The Morgan fingerprint density at radius 3 is 2.79 bits per heavy atom. The lowest BCUT2D eigenvalue weighted by molar-refractivity contribution is -0.122. The van der Waals surface area contributed by atoms with E-state index in [4.69, 9.17) is 4.74 Å². The third-order valence-electron chi connectivity index (χ3n) is 5.02. The number of carbonyl (C=O) groups excluding carboxylic acids is 1. The number of hydrogen-bond acceptors (Lipinski definition) is 5. The number of para-hydroxylation sites is 1. The molecule has 1 aliphatic rings. The van der Waals surface area contributed by atoms with Crippen molar-refractivity contribution in [2.75, 3.05) is 6.61 Å². The summed E-state index contributed by atoms with van der Waals surface area (Å²) in [5.74, 6) is 0.565. The van der Waals surface area contributed by atoms with Gasteiger partial charge in [-0.3, -0.25) is 4.79 Å². The number of amides is 1. The van der Waals surface area contributed by atoms with E-state index in [9.17, 15) is 4.79 Å². The van der Waals surface area contributed by atoms with Crippen molar-refractivity contribution in [2.24, 2.45) is 5.10 Å². The second-order valence-corrected chi connectivity index (χ2v) is 6.90. The molecule has 6 nitrogen and oxygen atoms in total. The van der Waals surface area contributed by atoms with Gasteiger partial charge in [0.05, 0.1) is 12.8 Å². The molecule has 2 atom stereocenters. The standard InChI is InChI=1S/C23H24N4O2/c1-2-29-22-13-6-4-9-17(22)15-24-27-23(28)21-14-20(25-26-21)19-12-7-10-16-8-3-5-11-18(16)19/h3-13,15,20-21,25-26H,2,14H2,1H3,(H,27,28)/b24-15+. The van der Waals surface area contributed by atoms with Gasteiger partial charge in [-0.15, -0.1) is 0 Å². The molecule has 0 aliphatic carbocycles. The Hall–Kier alpha value is -3.22. The van der Waals surface area contributed by atoms with Crippen molar-refractivity contribution in [3.05, 3.63) is 77.9 Å². The van der Waals surface area contributed by atoms with Gasteiger partial charge in [-0.25, -0.2) is 16.3 Å². The molecular weight excluding hydrogens is 364 g/mol. The van der Waals surface area contributed by atoms with E-state index < -0.39 is 0 Å². The number of hydrazone groups is 1. The van der Waals surface area contributed by atoms with Gasteiger partial charge >= 0.3 is 0 Å². The van der Waals surface area contributed by atoms with Crippen LogP contribution in [-0.2, 0) is 4.79 Å². The molecule has 0 aromatic heterocycles. The normalized spacial score (nSPS) is 18.9. The fourth-order valence-electron chi connectivity index (χ4n) is 3.60. The van der Waals surface area contributed by atoms with E-state index in [1.165, 1.54) is 16.3 Å². The van der Waals surface area contributed by atoms with Crippen LogP contribution in [0.1, 0.15) is 30.5 Å². The topological polar surface area (TPSA) is 74.8 Å². The molecule has 1 heterocycles. The molecule has 3 aromatic carbocycles. The Morgan fingerprint density at radius 2 is 1.90 bits per heavy atom. The van der Waals surface area contributed by atoms with E-state index in [0.29, 0.717) is 13.0 Å². The number of carbonyl (C=O) groups is 1. The first-order valence-corrected chi connectivity index (χ1v) is 9.79. The third kappa shape index (κ3) is 4.29. The number of benzene rings is 3. The zero-order valence-corrected chi connectivity index (χ0v) is 16.3. The van der Waals surface area contributed by atoms with Gasteiger partial charge in [-0.2, -0.15) is 5.10 Å². The summed E-state index contributed by atoms with van der Waals surface area (Å²) in [5, 5.41) is 6.49. The zero-order valence-electron chi connectivity index (χ0n) is 16.3. The third-order valence-corrected chi connectivity index (χ3v) is 5.02. The minimum atomic E-state index is -0.363. The Labute approximate surface area is 169 Å². The van der Waals surface area contributed by atoms with Crippen LogP contribution in [-0.4, -0.2) is 24.8 Å². The second-order valence-electron chi connectivity index (χ2n) is 6.90. The lowest BCUT2D eigenvalue weighted by Crippen LogP contribution is -2.41. The van der Waals surface area contributed by atoms with E-state index in [1.807, 2.05) is 49.4 Å². The molecule has 3 N–H and O–H groups in total. The van der Waals surface area contributed by atoms with E-state index in [1.54, 1.807) is 6.21 Å². The smallest absolute Gasteiger partial charge is 0.258 e. The monoisotopic (exact) mass is 388 g/mol. The van der Waals surface area contributed by atoms with Crippen LogP contribution in [0.4, 0.5) is 0 Å². The highest BCUT2D eigenvalue weighted by molar-refractivity contribution is 5.88. The zero-order chi connectivity index (χ0) is 20.1. The highest BCUT2D eigenvalue weighted by Gasteiger charge is 2.30. The molecule has 0 bridgehead atoms. The number of nitrogens with one attached hydrogen (secondary N) is 3. The second kappa shape index (κ2) is 8.86. The largest absolute Gasteiger partial charge is 0.493 e. The number of ether oxygens (including phenoxy) is 1. The van der Waals surface area contributed by atoms with Gasteiger partial charge in [0, 0.05) is 11.6 Å². The average molecular weight is 388 g/mol. The Kier molecular flexibility index (Phi) is 5.84. The van der Waals surface area contributed by atoms with Crippen LogP contribution in [0.5, 0.6) is 5.75 Å². The number of hydrogen-bond donors (Lipinski definition) is 3. The maximum atomic E-state index is 12.5. The molecule has 0 radical (unpaired) electrons. The summed E-state index contributed by atoms with van der Waals surface area (Å²) in [7, 11) is 0. The molecule has 3 aromatic rings. The Morgan fingerprint density at radius 1 is 1.10 bits per heavy atom. The van der Waals surface area contributed by atoms with Crippen LogP contribution in [0, 0.1) is 0 Å². The molecule has 29 heavy (non-hydrogen) atoms. The van der Waals surface area contributed by atoms with Gasteiger partial charge in [-0.05, 0) is 41.8 Å². The lowest BCUT2D eigenvalue weighted by atomic mass is 9.96. The molecule has 1 aliphatic heterocycles. The molecule has 0 spiro atoms. The quantitative estimate of drug-likeness (QED) is 0.447. The summed E-state index contributed by atoms with van der Waals surface area (Å²) >= 11 is 0. The molecule has 6 heteroatoms. The summed E-state index contributed by atoms with van der Waals surface area (Å²) in [6.45, 7) is 2.51. The van der Waals surface area contributed by atoms with Crippen LogP contribution < -0.4 is 21.0 Å². The summed E-state index contributed by atoms with van der Waals surface area (Å²) in [5.41, 5.74) is 11.0. The molecular formula is C23H24N4O2. The van der Waals surface area contributed by atoms with Gasteiger partial charge in [0.1, 0.15) is 11.8 Å². The number of hydrazine groups is 1. The molecule has 1 saturated heterocycles. The molecule has 1 fully saturated rings. The maximum Gasteiger partial charge on any atom is 0.258 e. The molecule has 148 valence electrons. The first kappa shape index (κ1) is 19.1. The number of rotatable bonds is 6. The molecule has 2 unspecified atom stereocenters. The minimum absolute atomic E-state index is 0.0551. The fourth-order valence-corrected chi connectivity index (χ4v) is 3.60. The number of nitrogens with zero attached hydrogens (tertiary/aromatic N) is 1. The van der Waals surface area contributed by atoms with Crippen LogP contribution >= 0.6 is 0 Å². The van der Waals surface area contributed by atoms with Crippen molar-refractivity contribution >= 4 is 22.9 Å². The highest BCUT2D eigenvalue weighted by atomic mass is 16.5. The van der Waals surface area contributed by atoms with E-state index >= 15 is 0 Å². The van der Waals surface area contributed by atoms with Gasteiger partial charge in [0.15, 0.2) is 0 Å². The van der Waals surface area contributed by atoms with E-state index in [-0.39, 0.29) is 18.0 Å². The van der Waals surface area contributed by atoms with Gasteiger partial charge in [0.25, 0.3) is 5.91 Å². The van der Waals surface area contributed by atoms with Crippen molar-refractivity contribution in [1.29, 1.82) is 0 Å². The Balaban J connectivity index is 1.40. The maximum absolute atomic E-state index is 12.5. The van der Waals surface area contributed by atoms with Crippen LogP contribution in [0.15, 0.2) is 71.8 Å². The fraction of sp³-hybridized carbons (Fsp3) is 0.217.